The predicted molar refractivity (Wildman–Crippen MR) is 56.1 cm³/mol. The fourth-order valence-corrected chi connectivity index (χ4v) is 1.93. The Morgan fingerprint density at radius 1 is 1.47 bits per heavy atom. The van der Waals surface area contributed by atoms with Gasteiger partial charge < -0.3 is 10.4 Å². The van der Waals surface area contributed by atoms with E-state index in [-0.39, 0.29) is 26.1 Å². The van der Waals surface area contributed by atoms with Crippen molar-refractivity contribution in [3.8, 4) is 0 Å². The summed E-state index contributed by atoms with van der Waals surface area (Å²) in [6.07, 6.45) is 2.00. The molecular weight excluding hydrogens is 366 g/mol. The van der Waals surface area contributed by atoms with Crippen LogP contribution in [0.15, 0.2) is 24.3 Å². The number of hydrogen-bond donors (Lipinski definition) is 1. The van der Waals surface area contributed by atoms with Gasteiger partial charge in [0.1, 0.15) is 0 Å². The molecule has 2 nitrogen and oxygen atoms in total. The summed E-state index contributed by atoms with van der Waals surface area (Å²) in [6.45, 7) is 1.16. The largest absolute Gasteiger partial charge is 0.657 e. The molecule has 85 valence electrons. The zero-order valence-electron chi connectivity index (χ0n) is 8.52. The summed E-state index contributed by atoms with van der Waals surface area (Å²) in [5.74, 6) is 0.422. The van der Waals surface area contributed by atoms with Gasteiger partial charge in [0.25, 0.3) is 0 Å². The number of hydrogen-bond acceptors (Lipinski definition) is 1. The Kier molecular flexibility index (Phi) is 5.48. The fraction of sp³-hybridized carbons (Fsp3) is 0.500. The molecule has 2 unspecified atom stereocenters. The number of aliphatic hydroxyl groups is 1. The third-order valence-electron chi connectivity index (χ3n) is 2.79. The van der Waals surface area contributed by atoms with Gasteiger partial charge in [-0.25, -0.2) is 0 Å². The SMILES string of the molecule is OCC1CC[N-]C(c2[c-]cccc2)C1.[Ir]. The van der Waals surface area contributed by atoms with Gasteiger partial charge in [-0.2, -0.15) is 35.9 Å². The number of nitrogens with zero attached hydrogens (tertiary/aromatic N) is 1. The monoisotopic (exact) mass is 382 g/mol. The molecule has 0 amide bonds. The molecule has 1 aromatic rings. The van der Waals surface area contributed by atoms with E-state index in [1.807, 2.05) is 18.2 Å². The molecule has 15 heavy (non-hydrogen) atoms. The van der Waals surface area contributed by atoms with E-state index in [0.717, 1.165) is 24.9 Å². The molecule has 1 radical (unpaired) electrons. The van der Waals surface area contributed by atoms with Crippen LogP contribution in [-0.2, 0) is 20.1 Å². The second-order valence-corrected chi connectivity index (χ2v) is 3.81. The van der Waals surface area contributed by atoms with Crippen LogP contribution in [0, 0.1) is 12.0 Å². The standard InChI is InChI=1S/C12H15NO.Ir/c14-9-10-6-7-13-12(8-10)11-4-2-1-3-5-11;/h1-4,10,12,14H,6-9H2;/q-2;. The van der Waals surface area contributed by atoms with Crippen LogP contribution in [0.3, 0.4) is 0 Å². The fourth-order valence-electron chi connectivity index (χ4n) is 1.93. The molecule has 0 bridgehead atoms. The van der Waals surface area contributed by atoms with Crippen molar-refractivity contribution >= 4 is 0 Å². The van der Waals surface area contributed by atoms with Gasteiger partial charge in [-0.1, -0.05) is 12.8 Å². The first-order valence-electron chi connectivity index (χ1n) is 5.14. The Morgan fingerprint density at radius 2 is 2.33 bits per heavy atom. The summed E-state index contributed by atoms with van der Waals surface area (Å²) in [6, 6.07) is 11.4. The van der Waals surface area contributed by atoms with Crippen molar-refractivity contribution in [3.63, 3.8) is 0 Å². The molecule has 0 aliphatic carbocycles. The van der Waals surface area contributed by atoms with Crippen molar-refractivity contribution < 1.29 is 25.2 Å². The minimum atomic E-state index is 0. The van der Waals surface area contributed by atoms with E-state index in [9.17, 15) is 0 Å². The van der Waals surface area contributed by atoms with Crippen molar-refractivity contribution in [3.05, 3.63) is 41.2 Å². The van der Waals surface area contributed by atoms with Crippen LogP contribution < -0.4 is 0 Å². The Bertz CT molecular complexity index is 278. The summed E-state index contributed by atoms with van der Waals surface area (Å²) in [5, 5.41) is 13.7. The van der Waals surface area contributed by atoms with Crippen LogP contribution in [0.4, 0.5) is 0 Å². The minimum absolute atomic E-state index is 0. The molecule has 0 spiro atoms. The molecule has 1 heterocycles. The smallest absolute Gasteiger partial charge is 0.0458 e. The van der Waals surface area contributed by atoms with Gasteiger partial charge in [-0.15, -0.1) is 12.6 Å². The Labute approximate surface area is 104 Å². The second-order valence-electron chi connectivity index (χ2n) is 3.81. The Hall–Kier alpha value is -0.211. The maximum absolute atomic E-state index is 9.10. The van der Waals surface area contributed by atoms with Gasteiger partial charge in [0.2, 0.25) is 0 Å². The summed E-state index contributed by atoms with van der Waals surface area (Å²) in [7, 11) is 0. The van der Waals surface area contributed by atoms with Gasteiger partial charge >= 0.3 is 0 Å². The summed E-state index contributed by atoms with van der Waals surface area (Å²) >= 11 is 0. The summed E-state index contributed by atoms with van der Waals surface area (Å²) in [5.41, 5.74) is 1.16. The summed E-state index contributed by atoms with van der Waals surface area (Å²) < 4.78 is 0. The maximum Gasteiger partial charge on any atom is 0.0458 e. The number of rotatable bonds is 2. The van der Waals surface area contributed by atoms with Crippen molar-refractivity contribution in [2.45, 2.75) is 18.9 Å². The van der Waals surface area contributed by atoms with Crippen molar-refractivity contribution in [2.24, 2.45) is 5.92 Å². The summed E-state index contributed by atoms with van der Waals surface area (Å²) in [4.78, 5) is 0. The quantitative estimate of drug-likeness (QED) is 0.784. The number of benzene rings is 1. The minimum Gasteiger partial charge on any atom is -0.657 e. The molecule has 2 atom stereocenters. The normalized spacial score (nSPS) is 25.7. The van der Waals surface area contributed by atoms with Crippen molar-refractivity contribution in [1.82, 2.24) is 0 Å². The average Bonchev–Trinajstić information content (AvgIpc) is 2.30. The maximum atomic E-state index is 9.10. The molecule has 1 saturated heterocycles. The van der Waals surface area contributed by atoms with Crippen molar-refractivity contribution in [1.29, 1.82) is 0 Å². The zero-order chi connectivity index (χ0) is 9.80. The first kappa shape index (κ1) is 12.9. The molecule has 2 rings (SSSR count). The van der Waals surface area contributed by atoms with Crippen LogP contribution in [0.1, 0.15) is 24.4 Å². The van der Waals surface area contributed by atoms with Gasteiger partial charge in [0, 0.05) is 26.7 Å². The first-order chi connectivity index (χ1) is 6.90. The van der Waals surface area contributed by atoms with E-state index in [4.69, 9.17) is 5.11 Å². The molecule has 0 aromatic heterocycles. The van der Waals surface area contributed by atoms with E-state index in [1.165, 1.54) is 0 Å². The van der Waals surface area contributed by atoms with E-state index in [2.05, 4.69) is 17.4 Å². The topological polar surface area (TPSA) is 34.3 Å². The molecule has 1 N–H and O–H groups in total. The molecule has 1 aliphatic heterocycles. The van der Waals surface area contributed by atoms with Crippen LogP contribution >= 0.6 is 0 Å². The third kappa shape index (κ3) is 3.39. The predicted octanol–water partition coefficient (Wildman–Crippen LogP) is 2.30. The van der Waals surface area contributed by atoms with E-state index in [1.54, 1.807) is 0 Å². The van der Waals surface area contributed by atoms with Crippen molar-refractivity contribution in [2.75, 3.05) is 13.2 Å². The van der Waals surface area contributed by atoms with E-state index in [0.29, 0.717) is 12.5 Å². The van der Waals surface area contributed by atoms with Crippen LogP contribution in [-0.4, -0.2) is 18.3 Å². The molecular formula is C12H15IrNO-2. The van der Waals surface area contributed by atoms with Crippen LogP contribution in [0.5, 0.6) is 0 Å². The van der Waals surface area contributed by atoms with Gasteiger partial charge in [0.05, 0.1) is 0 Å². The molecule has 1 fully saturated rings. The third-order valence-corrected chi connectivity index (χ3v) is 2.79. The van der Waals surface area contributed by atoms with Gasteiger partial charge in [-0.05, 0) is 5.92 Å². The van der Waals surface area contributed by atoms with Crippen LogP contribution in [0.2, 0.25) is 0 Å². The number of piperidine rings is 1. The number of aliphatic hydroxyl groups excluding tert-OH is 1. The zero-order valence-corrected chi connectivity index (χ0v) is 10.9. The molecule has 1 aromatic carbocycles. The average molecular weight is 381 g/mol. The van der Waals surface area contributed by atoms with E-state index >= 15 is 0 Å². The first-order valence-corrected chi connectivity index (χ1v) is 5.14. The molecule has 3 heteroatoms. The van der Waals surface area contributed by atoms with Gasteiger partial charge in [0.15, 0.2) is 0 Å². The Balaban J connectivity index is 0.00000112. The second kappa shape index (κ2) is 6.39. The van der Waals surface area contributed by atoms with E-state index < -0.39 is 0 Å². The van der Waals surface area contributed by atoms with Crippen LogP contribution in [0.25, 0.3) is 5.32 Å². The molecule has 1 aliphatic rings. The Morgan fingerprint density at radius 3 is 3.00 bits per heavy atom. The molecule has 0 saturated carbocycles. The van der Waals surface area contributed by atoms with Gasteiger partial charge in [-0.3, -0.25) is 0 Å².